The fourth-order valence-electron chi connectivity index (χ4n) is 5.19. The summed E-state index contributed by atoms with van der Waals surface area (Å²) >= 11 is 12.5. The average molecular weight is 540 g/mol. The SMILES string of the molecule is O=C(CCl)Nc1c(C(=O)c2ccc(F)c3nn(C4CCCCO4)cc23)cc(C2CC2)c2cccc(Cl)c12. The molecule has 9 heteroatoms. The van der Waals surface area contributed by atoms with E-state index in [1.165, 1.54) is 12.1 Å². The predicted octanol–water partition coefficient (Wildman–Crippen LogP) is 6.97. The Balaban J connectivity index is 1.55. The van der Waals surface area contributed by atoms with Crippen molar-refractivity contribution < 1.29 is 18.7 Å². The van der Waals surface area contributed by atoms with Crippen molar-refractivity contribution >= 4 is 62.3 Å². The first-order chi connectivity index (χ1) is 18.0. The lowest BCUT2D eigenvalue weighted by Gasteiger charge is -2.22. The van der Waals surface area contributed by atoms with Crippen LogP contribution in [0.15, 0.2) is 42.6 Å². The molecular formula is C28H24Cl2FN3O3. The molecule has 1 aromatic heterocycles. The number of hydrogen-bond acceptors (Lipinski definition) is 4. The molecule has 1 aliphatic carbocycles. The van der Waals surface area contributed by atoms with E-state index in [0.29, 0.717) is 34.0 Å². The van der Waals surface area contributed by atoms with Crippen LogP contribution in [-0.4, -0.2) is 34.0 Å². The Morgan fingerprint density at radius 3 is 2.68 bits per heavy atom. The second kappa shape index (κ2) is 9.71. The van der Waals surface area contributed by atoms with Gasteiger partial charge in [-0.2, -0.15) is 5.10 Å². The number of aromatic nitrogens is 2. The van der Waals surface area contributed by atoms with Crippen LogP contribution < -0.4 is 5.32 Å². The number of rotatable bonds is 6. The van der Waals surface area contributed by atoms with Crippen molar-refractivity contribution in [1.82, 2.24) is 9.78 Å². The van der Waals surface area contributed by atoms with E-state index in [2.05, 4.69) is 10.4 Å². The van der Waals surface area contributed by atoms with Gasteiger partial charge in [0, 0.05) is 34.7 Å². The van der Waals surface area contributed by atoms with Crippen molar-refractivity contribution in [3.05, 3.63) is 70.1 Å². The van der Waals surface area contributed by atoms with E-state index in [4.69, 9.17) is 27.9 Å². The number of ether oxygens (including phenoxy) is 1. The molecule has 2 fully saturated rings. The van der Waals surface area contributed by atoms with Crippen LogP contribution in [0.1, 0.15) is 65.7 Å². The van der Waals surface area contributed by atoms with Crippen molar-refractivity contribution in [2.24, 2.45) is 0 Å². The zero-order chi connectivity index (χ0) is 25.7. The van der Waals surface area contributed by atoms with Crippen LogP contribution >= 0.6 is 23.2 Å². The molecule has 0 spiro atoms. The summed E-state index contributed by atoms with van der Waals surface area (Å²) in [6, 6.07) is 10.1. The first-order valence-electron chi connectivity index (χ1n) is 12.4. The van der Waals surface area contributed by atoms with Crippen molar-refractivity contribution in [3.63, 3.8) is 0 Å². The summed E-state index contributed by atoms with van der Waals surface area (Å²) in [5.41, 5.74) is 1.99. The minimum atomic E-state index is -0.517. The van der Waals surface area contributed by atoms with Crippen molar-refractivity contribution in [2.45, 2.75) is 44.2 Å². The molecule has 1 atom stereocenters. The number of halogens is 3. The Labute approximate surface area is 222 Å². The molecule has 2 heterocycles. The smallest absolute Gasteiger partial charge is 0.239 e. The lowest BCUT2D eigenvalue weighted by molar-refractivity contribution is -0.113. The zero-order valence-electron chi connectivity index (χ0n) is 19.9. The molecule has 6 nitrogen and oxygen atoms in total. The summed E-state index contributed by atoms with van der Waals surface area (Å²) < 4.78 is 22.3. The summed E-state index contributed by atoms with van der Waals surface area (Å²) in [6.45, 7) is 0.612. The number of anilines is 1. The lowest BCUT2D eigenvalue weighted by atomic mass is 9.91. The number of alkyl halides is 1. The van der Waals surface area contributed by atoms with Crippen molar-refractivity contribution in [3.8, 4) is 0 Å². The zero-order valence-corrected chi connectivity index (χ0v) is 21.4. The molecule has 6 rings (SSSR count). The third-order valence-corrected chi connectivity index (χ3v) is 7.69. The minimum absolute atomic E-state index is 0.104. The van der Waals surface area contributed by atoms with Crippen LogP contribution in [0.4, 0.5) is 10.1 Å². The molecule has 1 unspecified atom stereocenters. The number of nitrogens with zero attached hydrogens (tertiary/aromatic N) is 2. The second-order valence-electron chi connectivity index (χ2n) is 9.62. The maximum Gasteiger partial charge on any atom is 0.239 e. The predicted molar refractivity (Wildman–Crippen MR) is 142 cm³/mol. The van der Waals surface area contributed by atoms with Gasteiger partial charge in [0.05, 0.1) is 10.7 Å². The maximum atomic E-state index is 14.8. The minimum Gasteiger partial charge on any atom is -0.357 e. The molecule has 0 bridgehead atoms. The number of carbonyl (C=O) groups excluding carboxylic acids is 2. The van der Waals surface area contributed by atoms with E-state index in [0.717, 1.165) is 43.1 Å². The molecule has 0 radical (unpaired) electrons. The van der Waals surface area contributed by atoms with Gasteiger partial charge in [0.25, 0.3) is 0 Å². The summed E-state index contributed by atoms with van der Waals surface area (Å²) in [6.07, 6.45) is 6.12. The van der Waals surface area contributed by atoms with Gasteiger partial charge >= 0.3 is 0 Å². The third-order valence-electron chi connectivity index (χ3n) is 7.13. The number of hydrogen-bond donors (Lipinski definition) is 1. The molecule has 1 N–H and O–H groups in total. The topological polar surface area (TPSA) is 73.2 Å². The fourth-order valence-corrected chi connectivity index (χ4v) is 5.52. The number of fused-ring (bicyclic) bond motifs is 2. The molecule has 1 amide bonds. The Kier molecular flexibility index (Phi) is 6.39. The molecule has 2 aliphatic rings. The Hall–Kier alpha value is -3.00. The van der Waals surface area contributed by atoms with Gasteiger partial charge < -0.3 is 10.1 Å². The second-order valence-corrected chi connectivity index (χ2v) is 10.3. The first kappa shape index (κ1) is 24.3. The van der Waals surface area contributed by atoms with Gasteiger partial charge in [0.2, 0.25) is 5.91 Å². The van der Waals surface area contributed by atoms with Crippen LogP contribution in [-0.2, 0) is 9.53 Å². The number of carbonyl (C=O) groups is 2. The van der Waals surface area contributed by atoms with Gasteiger partial charge in [-0.15, -0.1) is 11.6 Å². The largest absolute Gasteiger partial charge is 0.357 e. The lowest BCUT2D eigenvalue weighted by Crippen LogP contribution is -2.18. The van der Waals surface area contributed by atoms with E-state index >= 15 is 0 Å². The Morgan fingerprint density at radius 1 is 1.11 bits per heavy atom. The highest BCUT2D eigenvalue weighted by Gasteiger charge is 2.31. The molecule has 3 aromatic carbocycles. The number of benzene rings is 3. The molecule has 1 saturated heterocycles. The normalized spacial score (nSPS) is 17.9. The Bertz CT molecular complexity index is 1560. The molecule has 190 valence electrons. The molecule has 37 heavy (non-hydrogen) atoms. The van der Waals surface area contributed by atoms with Gasteiger partial charge in [-0.25, -0.2) is 9.07 Å². The van der Waals surface area contributed by atoms with Crippen LogP contribution in [0.25, 0.3) is 21.7 Å². The molecule has 1 saturated carbocycles. The van der Waals surface area contributed by atoms with E-state index in [1.807, 2.05) is 18.2 Å². The highest BCUT2D eigenvalue weighted by Crippen LogP contribution is 2.47. The highest BCUT2D eigenvalue weighted by molar-refractivity contribution is 6.38. The van der Waals surface area contributed by atoms with E-state index < -0.39 is 11.7 Å². The van der Waals surface area contributed by atoms with Crippen LogP contribution in [0.5, 0.6) is 0 Å². The summed E-state index contributed by atoms with van der Waals surface area (Å²) in [4.78, 5) is 26.6. The average Bonchev–Trinajstić information content (AvgIpc) is 3.66. The summed E-state index contributed by atoms with van der Waals surface area (Å²) in [7, 11) is 0. The monoisotopic (exact) mass is 539 g/mol. The summed E-state index contributed by atoms with van der Waals surface area (Å²) in [5, 5.41) is 9.54. The van der Waals surface area contributed by atoms with Gasteiger partial charge in [-0.3, -0.25) is 9.59 Å². The van der Waals surface area contributed by atoms with E-state index in [-0.39, 0.29) is 34.5 Å². The Morgan fingerprint density at radius 2 is 1.95 bits per heavy atom. The van der Waals surface area contributed by atoms with Crippen LogP contribution in [0.2, 0.25) is 5.02 Å². The van der Waals surface area contributed by atoms with Gasteiger partial charge in [0.15, 0.2) is 11.6 Å². The quantitative estimate of drug-likeness (QED) is 0.212. The molecule has 4 aromatic rings. The van der Waals surface area contributed by atoms with E-state index in [9.17, 15) is 14.0 Å². The van der Waals surface area contributed by atoms with E-state index in [1.54, 1.807) is 16.9 Å². The molecular weight excluding hydrogens is 516 g/mol. The third kappa shape index (κ3) is 4.39. The number of amides is 1. The highest BCUT2D eigenvalue weighted by atomic mass is 35.5. The van der Waals surface area contributed by atoms with Crippen molar-refractivity contribution in [2.75, 3.05) is 17.8 Å². The number of ketones is 1. The van der Waals surface area contributed by atoms with Crippen molar-refractivity contribution in [1.29, 1.82) is 0 Å². The van der Waals surface area contributed by atoms with Gasteiger partial charge in [0.1, 0.15) is 17.6 Å². The summed E-state index contributed by atoms with van der Waals surface area (Å²) in [5.74, 6) is -1.30. The van der Waals surface area contributed by atoms with Crippen LogP contribution in [0.3, 0.4) is 0 Å². The number of nitrogens with one attached hydrogen (secondary N) is 1. The first-order valence-corrected chi connectivity index (χ1v) is 13.3. The standard InChI is InChI=1S/C28H24Cl2FN3O3/c29-13-23(35)32-27-19(12-18(15-7-8-15)16-4-3-5-21(30)25(16)27)28(36)17-9-10-22(31)26-20(17)14-34(33-26)24-6-1-2-11-37-24/h3-5,9-10,12,14-15,24H,1-2,6-8,11,13H2,(H,32,35). The fraction of sp³-hybridized carbons (Fsp3) is 0.321. The van der Waals surface area contributed by atoms with Gasteiger partial charge in [-0.05, 0) is 73.2 Å². The van der Waals surface area contributed by atoms with Gasteiger partial charge in [-0.1, -0.05) is 23.7 Å². The van der Waals surface area contributed by atoms with Crippen LogP contribution in [0, 0.1) is 5.82 Å². The maximum absolute atomic E-state index is 14.8. The molecule has 1 aliphatic heterocycles.